The highest BCUT2D eigenvalue weighted by molar-refractivity contribution is 5.96. The molecule has 1 saturated heterocycles. The van der Waals surface area contributed by atoms with Crippen LogP contribution in [0, 0.1) is 12.3 Å². The van der Waals surface area contributed by atoms with E-state index < -0.39 is 11.9 Å². The Morgan fingerprint density at radius 3 is 3.00 bits per heavy atom. The molecule has 0 saturated carbocycles. The Balaban J connectivity index is 2.70. The summed E-state index contributed by atoms with van der Waals surface area (Å²) in [5.74, 6) is 1.46. The maximum Gasteiger partial charge on any atom is 0.298 e. The third-order valence-corrected chi connectivity index (χ3v) is 2.28. The lowest BCUT2D eigenvalue weighted by atomic mass is 10.1. The zero-order valence-electron chi connectivity index (χ0n) is 8.75. The largest absolute Gasteiger partial charge is 0.355 e. The van der Waals surface area contributed by atoms with Crippen molar-refractivity contribution in [3.8, 4) is 12.3 Å². The molecule has 0 radical (unpaired) electrons. The lowest BCUT2D eigenvalue weighted by Gasteiger charge is -2.33. The fourth-order valence-corrected chi connectivity index (χ4v) is 1.56. The van der Waals surface area contributed by atoms with Crippen LogP contribution < -0.4 is 10.6 Å². The van der Waals surface area contributed by atoms with E-state index in [1.165, 1.54) is 4.90 Å². The van der Waals surface area contributed by atoms with Crippen molar-refractivity contribution in [3.05, 3.63) is 0 Å². The molecule has 15 heavy (non-hydrogen) atoms. The fraction of sp³-hybridized carbons (Fsp3) is 0.600. The molecule has 82 valence electrons. The summed E-state index contributed by atoms with van der Waals surface area (Å²) in [6, 6.07) is -0.484. The van der Waals surface area contributed by atoms with E-state index in [2.05, 4.69) is 10.6 Å². The summed E-state index contributed by atoms with van der Waals surface area (Å²) in [6.07, 6.45) is 5.05. The number of hydrogen-bond acceptors (Lipinski definition) is 3. The molecule has 1 atom stereocenters. The first-order valence-corrected chi connectivity index (χ1v) is 4.96. The van der Waals surface area contributed by atoms with Crippen LogP contribution in [0.5, 0.6) is 0 Å². The van der Waals surface area contributed by atoms with Gasteiger partial charge in [-0.3, -0.25) is 9.59 Å². The number of hydrogen-bond donors (Lipinski definition) is 2. The van der Waals surface area contributed by atoms with Crippen LogP contribution in [0.15, 0.2) is 0 Å². The van der Waals surface area contributed by atoms with Gasteiger partial charge in [0.2, 0.25) is 5.91 Å². The molecule has 0 aromatic rings. The minimum absolute atomic E-state index is 0.159. The van der Waals surface area contributed by atoms with Crippen molar-refractivity contribution >= 4 is 11.8 Å². The van der Waals surface area contributed by atoms with Crippen LogP contribution in [-0.2, 0) is 9.59 Å². The molecule has 1 rings (SSSR count). The van der Waals surface area contributed by atoms with E-state index in [1.807, 2.05) is 12.8 Å². The Bertz CT molecular complexity index is 296. The van der Waals surface area contributed by atoms with Gasteiger partial charge in [0.15, 0.2) is 0 Å². The van der Waals surface area contributed by atoms with Crippen LogP contribution in [0.3, 0.4) is 0 Å². The minimum atomic E-state index is -0.484. The van der Waals surface area contributed by atoms with Crippen molar-refractivity contribution < 1.29 is 9.59 Å². The van der Waals surface area contributed by atoms with Gasteiger partial charge in [-0.2, -0.15) is 0 Å². The first-order valence-electron chi connectivity index (χ1n) is 4.96. The van der Waals surface area contributed by atoms with Gasteiger partial charge in [-0.1, -0.05) is 0 Å². The quantitative estimate of drug-likeness (QED) is 0.547. The maximum atomic E-state index is 11.6. The second-order valence-corrected chi connectivity index (χ2v) is 3.26. The van der Waals surface area contributed by atoms with Crippen LogP contribution in [-0.4, -0.2) is 48.9 Å². The van der Waals surface area contributed by atoms with Gasteiger partial charge in [0.25, 0.3) is 5.91 Å². The molecule has 1 aliphatic rings. The molecule has 5 nitrogen and oxygen atoms in total. The van der Waals surface area contributed by atoms with Crippen LogP contribution >= 0.6 is 0 Å². The predicted octanol–water partition coefficient (Wildman–Crippen LogP) is -1.44. The van der Waals surface area contributed by atoms with Gasteiger partial charge in [-0.25, -0.2) is 0 Å². The van der Waals surface area contributed by atoms with Gasteiger partial charge in [-0.15, -0.1) is 6.42 Å². The van der Waals surface area contributed by atoms with Gasteiger partial charge in [0, 0.05) is 26.2 Å². The fourth-order valence-electron chi connectivity index (χ4n) is 1.56. The van der Waals surface area contributed by atoms with E-state index in [4.69, 9.17) is 6.42 Å². The van der Waals surface area contributed by atoms with Crippen molar-refractivity contribution in [1.29, 1.82) is 0 Å². The Morgan fingerprint density at radius 1 is 1.67 bits per heavy atom. The highest BCUT2D eigenvalue weighted by Crippen LogP contribution is 2.03. The molecule has 0 aromatic heterocycles. The second-order valence-electron chi connectivity index (χ2n) is 3.26. The third-order valence-electron chi connectivity index (χ3n) is 2.28. The molecule has 0 bridgehead atoms. The number of nitrogens with zero attached hydrogens (tertiary/aromatic N) is 1. The van der Waals surface area contributed by atoms with Crippen molar-refractivity contribution in [2.75, 3.05) is 26.2 Å². The van der Waals surface area contributed by atoms with E-state index in [-0.39, 0.29) is 5.91 Å². The van der Waals surface area contributed by atoms with E-state index >= 15 is 0 Å². The van der Waals surface area contributed by atoms with E-state index in [1.54, 1.807) is 0 Å². The zero-order chi connectivity index (χ0) is 11.3. The summed E-state index contributed by atoms with van der Waals surface area (Å²) in [4.78, 5) is 24.4. The second kappa shape index (κ2) is 5.37. The summed E-state index contributed by atoms with van der Waals surface area (Å²) in [6.45, 7) is 3.99. The molecular formula is C10H15N3O2. The third kappa shape index (κ3) is 2.70. The molecule has 0 spiro atoms. The summed E-state index contributed by atoms with van der Waals surface area (Å²) in [7, 11) is 0. The SMILES string of the molecule is C#CC(=O)N1CCNCC1C(=O)NCC. The Hall–Kier alpha value is -1.54. The van der Waals surface area contributed by atoms with Gasteiger partial charge in [-0.05, 0) is 12.8 Å². The highest BCUT2D eigenvalue weighted by Gasteiger charge is 2.30. The first kappa shape index (κ1) is 11.5. The standard InChI is InChI=1S/C10H15N3O2/c1-3-9(14)13-6-5-11-7-8(13)10(15)12-4-2/h1,8,11H,4-7H2,2H3,(H,12,15). The topological polar surface area (TPSA) is 61.4 Å². The monoisotopic (exact) mass is 209 g/mol. The van der Waals surface area contributed by atoms with Gasteiger partial charge >= 0.3 is 0 Å². The molecule has 5 heteroatoms. The van der Waals surface area contributed by atoms with E-state index in [0.29, 0.717) is 26.2 Å². The van der Waals surface area contributed by atoms with Crippen molar-refractivity contribution in [2.45, 2.75) is 13.0 Å². The number of carbonyl (C=O) groups is 2. The first-order chi connectivity index (χ1) is 7.20. The average Bonchev–Trinajstić information content (AvgIpc) is 2.28. The number of likely N-dealkylation sites (N-methyl/N-ethyl adjacent to an activating group) is 1. The van der Waals surface area contributed by atoms with E-state index in [9.17, 15) is 9.59 Å². The number of carbonyl (C=O) groups excluding carboxylic acids is 2. The molecule has 2 N–H and O–H groups in total. The molecule has 1 fully saturated rings. The average molecular weight is 209 g/mol. The summed E-state index contributed by atoms with van der Waals surface area (Å²) < 4.78 is 0. The molecule has 1 unspecified atom stereocenters. The molecule has 2 amide bonds. The minimum Gasteiger partial charge on any atom is -0.355 e. The molecule has 0 aliphatic carbocycles. The van der Waals surface area contributed by atoms with Gasteiger partial charge in [0.05, 0.1) is 0 Å². The highest BCUT2D eigenvalue weighted by atomic mass is 16.2. The number of piperazine rings is 1. The lowest BCUT2D eigenvalue weighted by molar-refractivity contribution is -0.137. The lowest BCUT2D eigenvalue weighted by Crippen LogP contribution is -2.59. The zero-order valence-corrected chi connectivity index (χ0v) is 8.75. The van der Waals surface area contributed by atoms with Crippen molar-refractivity contribution in [1.82, 2.24) is 15.5 Å². The van der Waals surface area contributed by atoms with Crippen LogP contribution in [0.1, 0.15) is 6.92 Å². The summed E-state index contributed by atoms with van der Waals surface area (Å²) >= 11 is 0. The Morgan fingerprint density at radius 2 is 2.40 bits per heavy atom. The summed E-state index contributed by atoms with van der Waals surface area (Å²) in [5, 5.41) is 5.74. The maximum absolute atomic E-state index is 11.6. The van der Waals surface area contributed by atoms with E-state index in [0.717, 1.165) is 0 Å². The number of nitrogens with one attached hydrogen (secondary N) is 2. The van der Waals surface area contributed by atoms with Crippen LogP contribution in [0.2, 0.25) is 0 Å². The molecule has 0 aromatic carbocycles. The number of rotatable bonds is 2. The molecular weight excluding hydrogens is 194 g/mol. The Kier molecular flexibility index (Phi) is 4.13. The van der Waals surface area contributed by atoms with Gasteiger partial charge < -0.3 is 15.5 Å². The number of terminal acetylenes is 1. The number of amides is 2. The summed E-state index contributed by atoms with van der Waals surface area (Å²) in [5.41, 5.74) is 0. The molecule has 1 aliphatic heterocycles. The smallest absolute Gasteiger partial charge is 0.298 e. The van der Waals surface area contributed by atoms with Crippen LogP contribution in [0.25, 0.3) is 0 Å². The molecule has 1 heterocycles. The predicted molar refractivity (Wildman–Crippen MR) is 55.9 cm³/mol. The Labute approximate surface area is 89.2 Å². The van der Waals surface area contributed by atoms with Gasteiger partial charge in [0.1, 0.15) is 6.04 Å². The van der Waals surface area contributed by atoms with Crippen molar-refractivity contribution in [2.24, 2.45) is 0 Å². The normalized spacial score (nSPS) is 20.5. The van der Waals surface area contributed by atoms with Crippen molar-refractivity contribution in [3.63, 3.8) is 0 Å². The van der Waals surface area contributed by atoms with Crippen LogP contribution in [0.4, 0.5) is 0 Å².